The topological polar surface area (TPSA) is 45.2 Å². The van der Waals surface area contributed by atoms with Crippen molar-refractivity contribution in [1.29, 1.82) is 0 Å². The van der Waals surface area contributed by atoms with E-state index in [4.69, 9.17) is 0 Å². The van der Waals surface area contributed by atoms with Crippen LogP contribution in [-0.2, 0) is 4.79 Å². The maximum Gasteiger partial charge on any atom is 0.227 e. The molecule has 0 aromatic carbocycles. The van der Waals surface area contributed by atoms with E-state index in [0.717, 1.165) is 35.9 Å². The van der Waals surface area contributed by atoms with E-state index in [0.29, 0.717) is 0 Å². The number of nitrogens with zero attached hydrogens (tertiary/aromatic N) is 2. The maximum absolute atomic E-state index is 11.8. The number of carbonyl (C=O) groups excluding carboxylic acids is 1. The largest absolute Gasteiger partial charge is 0.324 e. The molecular formula is C13H19N3OS. The van der Waals surface area contributed by atoms with Crippen molar-refractivity contribution < 1.29 is 4.79 Å². The summed E-state index contributed by atoms with van der Waals surface area (Å²) in [4.78, 5) is 18.2. The number of nitrogens with one attached hydrogen (secondary N) is 1. The fourth-order valence-corrected chi connectivity index (χ4v) is 2.57. The molecule has 1 amide bonds. The number of aromatic nitrogens is 1. The predicted octanol–water partition coefficient (Wildman–Crippen LogP) is 2.08. The van der Waals surface area contributed by atoms with Gasteiger partial charge in [0.1, 0.15) is 5.03 Å². The van der Waals surface area contributed by atoms with Gasteiger partial charge >= 0.3 is 0 Å². The van der Waals surface area contributed by atoms with Crippen LogP contribution in [0.25, 0.3) is 0 Å². The highest BCUT2D eigenvalue weighted by Gasteiger charge is 2.29. The van der Waals surface area contributed by atoms with Gasteiger partial charge in [0.25, 0.3) is 0 Å². The van der Waals surface area contributed by atoms with Crippen LogP contribution in [0.1, 0.15) is 12.8 Å². The van der Waals surface area contributed by atoms with Crippen LogP contribution in [0.5, 0.6) is 0 Å². The molecule has 0 unspecified atom stereocenters. The Labute approximate surface area is 112 Å². The van der Waals surface area contributed by atoms with Gasteiger partial charge < -0.3 is 10.2 Å². The summed E-state index contributed by atoms with van der Waals surface area (Å²) in [6.07, 6.45) is 3.81. The molecule has 0 saturated heterocycles. The molecule has 18 heavy (non-hydrogen) atoms. The molecule has 1 aromatic heterocycles. The van der Waals surface area contributed by atoms with Crippen LogP contribution in [0, 0.1) is 5.92 Å². The third kappa shape index (κ3) is 3.99. The zero-order valence-electron chi connectivity index (χ0n) is 10.8. The molecule has 0 radical (unpaired) electrons. The number of rotatable bonds is 6. The second-order valence-electron chi connectivity index (χ2n) is 4.77. The summed E-state index contributed by atoms with van der Waals surface area (Å²) < 4.78 is 0. The van der Waals surface area contributed by atoms with E-state index >= 15 is 0 Å². The zero-order chi connectivity index (χ0) is 13.0. The molecule has 1 N–H and O–H groups in total. The molecular weight excluding hydrogens is 246 g/mol. The highest BCUT2D eigenvalue weighted by Crippen LogP contribution is 2.31. The molecule has 0 bridgehead atoms. The van der Waals surface area contributed by atoms with Crippen LogP contribution >= 0.6 is 11.8 Å². The van der Waals surface area contributed by atoms with E-state index < -0.39 is 0 Å². The summed E-state index contributed by atoms with van der Waals surface area (Å²) in [5, 5.41) is 3.89. The third-order valence-electron chi connectivity index (χ3n) is 2.75. The maximum atomic E-state index is 11.8. The molecule has 0 atom stereocenters. The van der Waals surface area contributed by atoms with E-state index in [1.54, 1.807) is 18.0 Å². The van der Waals surface area contributed by atoms with Crippen molar-refractivity contribution in [2.75, 3.05) is 31.7 Å². The monoisotopic (exact) mass is 265 g/mol. The van der Waals surface area contributed by atoms with Gasteiger partial charge in [-0.25, -0.2) is 4.98 Å². The lowest BCUT2D eigenvalue weighted by Gasteiger charge is -2.11. The first-order valence-corrected chi connectivity index (χ1v) is 7.19. The molecule has 1 fully saturated rings. The number of carbonyl (C=O) groups is 1. The van der Waals surface area contributed by atoms with Crippen LogP contribution in [0.2, 0.25) is 0 Å². The number of pyridine rings is 1. The van der Waals surface area contributed by atoms with Gasteiger partial charge in [0, 0.05) is 24.4 Å². The summed E-state index contributed by atoms with van der Waals surface area (Å²) >= 11 is 1.68. The van der Waals surface area contributed by atoms with Crippen molar-refractivity contribution in [2.45, 2.75) is 17.9 Å². The van der Waals surface area contributed by atoms with E-state index in [1.165, 1.54) is 0 Å². The van der Waals surface area contributed by atoms with E-state index in [1.807, 2.05) is 12.1 Å². The van der Waals surface area contributed by atoms with Crippen LogP contribution in [-0.4, -0.2) is 42.2 Å². The number of hydrogen-bond acceptors (Lipinski definition) is 4. The smallest absolute Gasteiger partial charge is 0.227 e. The lowest BCUT2D eigenvalue weighted by molar-refractivity contribution is -0.117. The molecule has 1 heterocycles. The summed E-state index contributed by atoms with van der Waals surface area (Å²) in [7, 11) is 4.10. The average molecular weight is 265 g/mol. The van der Waals surface area contributed by atoms with Crippen molar-refractivity contribution in [3.63, 3.8) is 0 Å². The molecule has 0 spiro atoms. The van der Waals surface area contributed by atoms with Gasteiger partial charge in [-0.3, -0.25) is 4.79 Å². The van der Waals surface area contributed by atoms with Crippen molar-refractivity contribution >= 4 is 23.4 Å². The van der Waals surface area contributed by atoms with Crippen molar-refractivity contribution in [2.24, 2.45) is 5.92 Å². The fraction of sp³-hybridized carbons (Fsp3) is 0.538. The number of thioether (sulfide) groups is 1. The van der Waals surface area contributed by atoms with Gasteiger partial charge in [0.2, 0.25) is 5.91 Å². The number of amides is 1. The lowest BCUT2D eigenvalue weighted by Crippen LogP contribution is -2.16. The Hall–Kier alpha value is -1.07. The minimum absolute atomic E-state index is 0.137. The van der Waals surface area contributed by atoms with Crippen LogP contribution < -0.4 is 5.32 Å². The highest BCUT2D eigenvalue weighted by atomic mass is 32.2. The van der Waals surface area contributed by atoms with Gasteiger partial charge in [-0.05, 0) is 39.1 Å². The Balaban J connectivity index is 1.93. The molecule has 2 rings (SSSR count). The number of anilines is 1. The van der Waals surface area contributed by atoms with Crippen LogP contribution in [0.15, 0.2) is 23.4 Å². The van der Waals surface area contributed by atoms with Gasteiger partial charge in [-0.1, -0.05) is 0 Å². The van der Waals surface area contributed by atoms with E-state index in [2.05, 4.69) is 29.3 Å². The molecule has 0 aliphatic heterocycles. The molecule has 1 aliphatic carbocycles. The molecule has 1 saturated carbocycles. The quantitative estimate of drug-likeness (QED) is 0.800. The Kier molecular flexibility index (Phi) is 4.60. The second-order valence-corrected chi connectivity index (χ2v) is 5.85. The summed E-state index contributed by atoms with van der Waals surface area (Å²) in [5.74, 6) is 1.33. The van der Waals surface area contributed by atoms with E-state index in [9.17, 15) is 4.79 Å². The first-order chi connectivity index (χ1) is 8.66. The zero-order valence-corrected chi connectivity index (χ0v) is 11.7. The average Bonchev–Trinajstić information content (AvgIpc) is 3.14. The predicted molar refractivity (Wildman–Crippen MR) is 74.9 cm³/mol. The molecule has 5 heteroatoms. The SMILES string of the molecule is CN(C)CCSc1ncccc1NC(=O)C1CC1. The van der Waals surface area contributed by atoms with Gasteiger partial charge in [-0.2, -0.15) is 0 Å². The minimum Gasteiger partial charge on any atom is -0.324 e. The Morgan fingerprint density at radius 2 is 2.33 bits per heavy atom. The summed E-state index contributed by atoms with van der Waals surface area (Å²) in [6.45, 7) is 0.997. The molecule has 98 valence electrons. The van der Waals surface area contributed by atoms with Crippen molar-refractivity contribution in [1.82, 2.24) is 9.88 Å². The normalized spacial score (nSPS) is 14.8. The Bertz CT molecular complexity index is 418. The highest BCUT2D eigenvalue weighted by molar-refractivity contribution is 7.99. The first kappa shape index (κ1) is 13.4. The lowest BCUT2D eigenvalue weighted by atomic mass is 10.3. The van der Waals surface area contributed by atoms with Crippen LogP contribution in [0.3, 0.4) is 0 Å². The van der Waals surface area contributed by atoms with Gasteiger partial charge in [0.05, 0.1) is 5.69 Å². The number of hydrogen-bond donors (Lipinski definition) is 1. The van der Waals surface area contributed by atoms with E-state index in [-0.39, 0.29) is 11.8 Å². The first-order valence-electron chi connectivity index (χ1n) is 6.20. The van der Waals surface area contributed by atoms with Gasteiger partial charge in [0.15, 0.2) is 0 Å². The molecule has 1 aromatic rings. The van der Waals surface area contributed by atoms with Crippen LogP contribution in [0.4, 0.5) is 5.69 Å². The summed E-state index contributed by atoms with van der Waals surface area (Å²) in [5.41, 5.74) is 0.846. The Morgan fingerprint density at radius 3 is 3.00 bits per heavy atom. The van der Waals surface area contributed by atoms with Crippen molar-refractivity contribution in [3.8, 4) is 0 Å². The minimum atomic E-state index is 0.137. The Morgan fingerprint density at radius 1 is 1.56 bits per heavy atom. The fourth-order valence-electron chi connectivity index (χ4n) is 1.51. The standard InChI is InChI=1S/C13H19N3OS/c1-16(2)8-9-18-13-11(4-3-7-14-13)15-12(17)10-5-6-10/h3-4,7,10H,5-6,8-9H2,1-2H3,(H,15,17). The second kappa shape index (κ2) is 6.20. The molecule has 1 aliphatic rings. The van der Waals surface area contributed by atoms with Crippen molar-refractivity contribution in [3.05, 3.63) is 18.3 Å². The molecule has 4 nitrogen and oxygen atoms in total. The third-order valence-corrected chi connectivity index (χ3v) is 3.74. The van der Waals surface area contributed by atoms with Gasteiger partial charge in [-0.15, -0.1) is 11.8 Å². The summed E-state index contributed by atoms with van der Waals surface area (Å²) in [6, 6.07) is 3.78.